The molecule has 0 aliphatic carbocycles. The van der Waals surface area contributed by atoms with E-state index in [9.17, 15) is 22.0 Å². The Morgan fingerprint density at radius 3 is 2.30 bits per heavy atom. The number of anilines is 1. The maximum Gasteiger partial charge on any atom is 0.244 e. The number of sulfonamides is 1. The first-order valence-electron chi connectivity index (χ1n) is 9.14. The molecule has 0 aromatic heterocycles. The largest absolute Gasteiger partial charge is 0.324 e. The number of hydrogen-bond acceptors (Lipinski definition) is 3. The minimum Gasteiger partial charge on any atom is -0.324 e. The molecule has 0 aliphatic rings. The van der Waals surface area contributed by atoms with Crippen LogP contribution < -0.4 is 10.0 Å². The topological polar surface area (TPSA) is 75.3 Å². The van der Waals surface area contributed by atoms with Gasteiger partial charge in [0.2, 0.25) is 15.9 Å². The highest BCUT2D eigenvalue weighted by Gasteiger charge is 2.28. The van der Waals surface area contributed by atoms with E-state index >= 15 is 0 Å². The first kappa shape index (κ1) is 21.6. The van der Waals surface area contributed by atoms with E-state index in [4.69, 9.17) is 0 Å². The number of benzene rings is 3. The van der Waals surface area contributed by atoms with E-state index in [1.54, 1.807) is 37.3 Å². The van der Waals surface area contributed by atoms with Crippen molar-refractivity contribution >= 4 is 21.6 Å². The molecular weight excluding hydrogens is 410 g/mol. The SMILES string of the molecule is Cc1cc(F)ccc1NC(=O)[C@H](Cc1ccccc1)NS(=O)(=O)c1ccccc1F. The lowest BCUT2D eigenvalue weighted by atomic mass is 10.1. The number of aryl methyl sites for hydroxylation is 1. The van der Waals surface area contributed by atoms with Crippen LogP contribution in [0.5, 0.6) is 0 Å². The summed E-state index contributed by atoms with van der Waals surface area (Å²) in [4.78, 5) is 12.4. The lowest BCUT2D eigenvalue weighted by Gasteiger charge is -2.19. The second kappa shape index (κ2) is 9.15. The molecule has 3 aromatic rings. The number of rotatable bonds is 7. The minimum atomic E-state index is -4.31. The zero-order chi connectivity index (χ0) is 21.7. The molecule has 0 saturated heterocycles. The van der Waals surface area contributed by atoms with Crippen molar-refractivity contribution in [2.24, 2.45) is 0 Å². The highest BCUT2D eigenvalue weighted by molar-refractivity contribution is 7.89. The summed E-state index contributed by atoms with van der Waals surface area (Å²) in [5.74, 6) is -2.02. The number of halogens is 2. The van der Waals surface area contributed by atoms with Gasteiger partial charge in [-0.05, 0) is 54.8 Å². The predicted octanol–water partition coefficient (Wildman–Crippen LogP) is 3.80. The molecule has 30 heavy (non-hydrogen) atoms. The molecule has 5 nitrogen and oxygen atoms in total. The average molecular weight is 430 g/mol. The van der Waals surface area contributed by atoms with Gasteiger partial charge in [0.15, 0.2) is 0 Å². The standard InChI is InChI=1S/C22H20F2N2O3S/c1-15-13-17(23)11-12-19(15)25-22(27)20(14-16-7-3-2-4-8-16)26-30(28,29)21-10-6-5-9-18(21)24/h2-13,20,26H,14H2,1H3,(H,25,27)/t20-/m0/s1. The molecule has 0 spiro atoms. The van der Waals surface area contributed by atoms with E-state index in [2.05, 4.69) is 10.0 Å². The van der Waals surface area contributed by atoms with Crippen LogP contribution in [0.25, 0.3) is 0 Å². The Morgan fingerprint density at radius 1 is 0.967 bits per heavy atom. The summed E-state index contributed by atoms with van der Waals surface area (Å²) in [5, 5.41) is 2.62. The van der Waals surface area contributed by atoms with E-state index in [1.807, 2.05) is 0 Å². The Bertz CT molecular complexity index is 1150. The van der Waals surface area contributed by atoms with Crippen LogP contribution in [0.15, 0.2) is 77.7 Å². The highest BCUT2D eigenvalue weighted by atomic mass is 32.2. The van der Waals surface area contributed by atoms with Gasteiger partial charge in [0.25, 0.3) is 0 Å². The van der Waals surface area contributed by atoms with Gasteiger partial charge in [-0.15, -0.1) is 0 Å². The lowest BCUT2D eigenvalue weighted by Crippen LogP contribution is -2.45. The van der Waals surface area contributed by atoms with Crippen LogP contribution in [-0.2, 0) is 21.2 Å². The quantitative estimate of drug-likeness (QED) is 0.599. The Labute approximate surface area is 173 Å². The minimum absolute atomic E-state index is 0.0423. The number of carbonyl (C=O) groups is 1. The van der Waals surface area contributed by atoms with Crippen LogP contribution in [0.3, 0.4) is 0 Å². The molecule has 0 radical (unpaired) electrons. The fraction of sp³-hybridized carbons (Fsp3) is 0.136. The average Bonchev–Trinajstić information content (AvgIpc) is 2.70. The van der Waals surface area contributed by atoms with Gasteiger partial charge in [0, 0.05) is 5.69 Å². The first-order chi connectivity index (χ1) is 14.3. The van der Waals surface area contributed by atoms with Crippen molar-refractivity contribution < 1.29 is 22.0 Å². The molecule has 3 aromatic carbocycles. The lowest BCUT2D eigenvalue weighted by molar-refractivity contribution is -0.117. The van der Waals surface area contributed by atoms with Crippen LogP contribution in [-0.4, -0.2) is 20.4 Å². The summed E-state index contributed by atoms with van der Waals surface area (Å²) in [7, 11) is -4.31. The number of amides is 1. The Balaban J connectivity index is 1.90. The zero-order valence-electron chi connectivity index (χ0n) is 16.1. The van der Waals surface area contributed by atoms with Crippen LogP contribution in [0.1, 0.15) is 11.1 Å². The summed E-state index contributed by atoms with van der Waals surface area (Å²) < 4.78 is 55.2. The van der Waals surface area contributed by atoms with Crippen LogP contribution in [0.4, 0.5) is 14.5 Å². The number of nitrogens with one attached hydrogen (secondary N) is 2. The number of hydrogen-bond donors (Lipinski definition) is 2. The smallest absolute Gasteiger partial charge is 0.244 e. The van der Waals surface area contributed by atoms with Gasteiger partial charge < -0.3 is 5.32 Å². The number of carbonyl (C=O) groups excluding carboxylic acids is 1. The normalized spacial score (nSPS) is 12.4. The summed E-state index contributed by atoms with van der Waals surface area (Å²) >= 11 is 0. The van der Waals surface area contributed by atoms with Crippen molar-refractivity contribution in [1.29, 1.82) is 0 Å². The second-order valence-corrected chi connectivity index (χ2v) is 8.42. The Hall–Kier alpha value is -3.10. The van der Waals surface area contributed by atoms with Gasteiger partial charge in [-0.1, -0.05) is 42.5 Å². The molecule has 8 heteroatoms. The Kier molecular flexibility index (Phi) is 6.59. The second-order valence-electron chi connectivity index (χ2n) is 6.74. The molecule has 0 aliphatic heterocycles. The maximum atomic E-state index is 14.0. The molecule has 0 unspecified atom stereocenters. The molecule has 0 heterocycles. The van der Waals surface area contributed by atoms with E-state index in [-0.39, 0.29) is 6.42 Å². The summed E-state index contributed by atoms with van der Waals surface area (Å²) in [6.07, 6.45) is 0.0423. The van der Waals surface area contributed by atoms with Gasteiger partial charge in [-0.3, -0.25) is 4.79 Å². The predicted molar refractivity (Wildman–Crippen MR) is 110 cm³/mol. The molecule has 156 valence electrons. The van der Waals surface area contributed by atoms with Gasteiger partial charge >= 0.3 is 0 Å². The van der Waals surface area contributed by atoms with Crippen molar-refractivity contribution in [3.63, 3.8) is 0 Å². The van der Waals surface area contributed by atoms with Crippen LogP contribution in [0, 0.1) is 18.6 Å². The molecular formula is C22H20F2N2O3S. The highest BCUT2D eigenvalue weighted by Crippen LogP contribution is 2.18. The van der Waals surface area contributed by atoms with Gasteiger partial charge in [0.1, 0.15) is 22.6 Å². The van der Waals surface area contributed by atoms with E-state index in [0.717, 1.165) is 12.1 Å². The summed E-state index contributed by atoms with van der Waals surface area (Å²) in [6.45, 7) is 1.62. The molecule has 0 fully saturated rings. The zero-order valence-corrected chi connectivity index (χ0v) is 16.9. The third-order valence-corrected chi connectivity index (χ3v) is 5.97. The molecule has 0 bridgehead atoms. The summed E-state index contributed by atoms with van der Waals surface area (Å²) in [6, 6.07) is 16.4. The molecule has 0 saturated carbocycles. The van der Waals surface area contributed by atoms with Gasteiger partial charge in [0.05, 0.1) is 0 Å². The van der Waals surface area contributed by atoms with Crippen LogP contribution >= 0.6 is 0 Å². The maximum absolute atomic E-state index is 14.0. The van der Waals surface area contributed by atoms with Gasteiger partial charge in [-0.25, -0.2) is 17.2 Å². The van der Waals surface area contributed by atoms with Crippen molar-refractivity contribution in [3.05, 3.63) is 95.6 Å². The third-order valence-electron chi connectivity index (χ3n) is 4.47. The van der Waals surface area contributed by atoms with Crippen molar-refractivity contribution in [3.8, 4) is 0 Å². The van der Waals surface area contributed by atoms with Gasteiger partial charge in [-0.2, -0.15) is 4.72 Å². The van der Waals surface area contributed by atoms with Crippen molar-refractivity contribution in [2.45, 2.75) is 24.3 Å². The molecule has 1 amide bonds. The monoisotopic (exact) mass is 430 g/mol. The molecule has 1 atom stereocenters. The fourth-order valence-corrected chi connectivity index (χ4v) is 4.21. The van der Waals surface area contributed by atoms with Crippen molar-refractivity contribution in [1.82, 2.24) is 4.72 Å². The molecule has 3 rings (SSSR count). The van der Waals surface area contributed by atoms with E-state index in [0.29, 0.717) is 16.8 Å². The molecule has 2 N–H and O–H groups in total. The van der Waals surface area contributed by atoms with Crippen molar-refractivity contribution in [2.75, 3.05) is 5.32 Å². The van der Waals surface area contributed by atoms with E-state index < -0.39 is 38.5 Å². The van der Waals surface area contributed by atoms with Crippen LogP contribution in [0.2, 0.25) is 0 Å². The summed E-state index contributed by atoms with van der Waals surface area (Å²) in [5.41, 5.74) is 1.55. The first-order valence-corrected chi connectivity index (χ1v) is 10.6. The Morgan fingerprint density at radius 2 is 1.63 bits per heavy atom. The van der Waals surface area contributed by atoms with E-state index in [1.165, 1.54) is 30.3 Å². The third kappa shape index (κ3) is 5.28. The fourth-order valence-electron chi connectivity index (χ4n) is 2.94.